The van der Waals surface area contributed by atoms with E-state index in [4.69, 9.17) is 4.74 Å². The van der Waals surface area contributed by atoms with E-state index >= 15 is 0 Å². The molecule has 2 heterocycles. The van der Waals surface area contributed by atoms with Crippen molar-refractivity contribution in [1.29, 1.82) is 0 Å². The Morgan fingerprint density at radius 3 is 2.77 bits per heavy atom. The van der Waals surface area contributed by atoms with Crippen LogP contribution in [0.3, 0.4) is 0 Å². The van der Waals surface area contributed by atoms with Gasteiger partial charge in [-0.2, -0.15) is 0 Å². The van der Waals surface area contributed by atoms with Gasteiger partial charge in [0.2, 0.25) is 0 Å². The van der Waals surface area contributed by atoms with Crippen molar-refractivity contribution >= 4 is 21.4 Å². The van der Waals surface area contributed by atoms with E-state index in [0.29, 0.717) is 5.92 Å². The Kier molecular flexibility index (Phi) is 1.64. The summed E-state index contributed by atoms with van der Waals surface area (Å²) in [7, 11) is 0. The van der Waals surface area contributed by atoms with Crippen molar-refractivity contribution in [3.8, 4) is 0 Å². The zero-order valence-corrected chi connectivity index (χ0v) is 8.01. The predicted molar refractivity (Wildman–Crippen MR) is 55.4 cm³/mol. The molecule has 2 aromatic rings. The fourth-order valence-electron chi connectivity index (χ4n) is 1.60. The van der Waals surface area contributed by atoms with Crippen LogP contribution in [0.25, 0.3) is 10.1 Å². The first-order valence-electron chi connectivity index (χ1n) is 4.50. The van der Waals surface area contributed by atoms with Crippen LogP contribution in [0.2, 0.25) is 0 Å². The van der Waals surface area contributed by atoms with Crippen LogP contribution in [-0.2, 0) is 4.74 Å². The molecule has 2 heteroatoms. The summed E-state index contributed by atoms with van der Waals surface area (Å²) in [5.74, 6) is 0.664. The molecule has 3 rings (SSSR count). The van der Waals surface area contributed by atoms with Crippen molar-refractivity contribution in [2.45, 2.75) is 5.92 Å². The van der Waals surface area contributed by atoms with E-state index in [0.717, 1.165) is 13.2 Å². The lowest BCUT2D eigenvalue weighted by Gasteiger charge is -2.24. The maximum atomic E-state index is 5.19. The van der Waals surface area contributed by atoms with E-state index in [-0.39, 0.29) is 0 Å². The molecule has 1 aliphatic heterocycles. The van der Waals surface area contributed by atoms with Crippen molar-refractivity contribution in [2.75, 3.05) is 13.2 Å². The van der Waals surface area contributed by atoms with Gasteiger partial charge >= 0.3 is 0 Å². The van der Waals surface area contributed by atoms with Crippen molar-refractivity contribution < 1.29 is 4.74 Å². The Morgan fingerprint density at radius 1 is 1.23 bits per heavy atom. The van der Waals surface area contributed by atoms with E-state index < -0.39 is 0 Å². The van der Waals surface area contributed by atoms with Crippen LogP contribution >= 0.6 is 11.3 Å². The Labute approximate surface area is 81.0 Å². The van der Waals surface area contributed by atoms with Gasteiger partial charge in [0.25, 0.3) is 0 Å². The van der Waals surface area contributed by atoms with Gasteiger partial charge in [0.15, 0.2) is 0 Å². The van der Waals surface area contributed by atoms with Gasteiger partial charge in [0.05, 0.1) is 13.2 Å². The molecule has 1 aliphatic rings. The lowest BCUT2D eigenvalue weighted by molar-refractivity contribution is 0.00991. The molecule has 0 bridgehead atoms. The fraction of sp³-hybridized carbons (Fsp3) is 0.273. The van der Waals surface area contributed by atoms with Crippen molar-refractivity contribution in [1.82, 2.24) is 0 Å². The molecule has 0 spiro atoms. The highest BCUT2D eigenvalue weighted by Crippen LogP contribution is 2.34. The minimum absolute atomic E-state index is 0.664. The summed E-state index contributed by atoms with van der Waals surface area (Å²) in [6.07, 6.45) is 0. The second kappa shape index (κ2) is 2.82. The van der Waals surface area contributed by atoms with Crippen molar-refractivity contribution in [3.63, 3.8) is 0 Å². The maximum Gasteiger partial charge on any atom is 0.0565 e. The summed E-state index contributed by atoms with van der Waals surface area (Å²) in [6, 6.07) is 10.8. The topological polar surface area (TPSA) is 9.23 Å². The van der Waals surface area contributed by atoms with Gasteiger partial charge < -0.3 is 4.74 Å². The molecule has 0 amide bonds. The van der Waals surface area contributed by atoms with Crippen LogP contribution < -0.4 is 0 Å². The lowest BCUT2D eigenvalue weighted by atomic mass is 10.1. The van der Waals surface area contributed by atoms with E-state index in [1.807, 2.05) is 11.3 Å². The largest absolute Gasteiger partial charge is 0.380 e. The molecule has 0 unspecified atom stereocenters. The molecule has 1 aromatic heterocycles. The number of hydrogen-bond acceptors (Lipinski definition) is 2. The minimum Gasteiger partial charge on any atom is -0.380 e. The summed E-state index contributed by atoms with van der Waals surface area (Å²) in [5, 5.41) is 1.37. The van der Waals surface area contributed by atoms with E-state index in [1.165, 1.54) is 15.0 Å². The quantitative estimate of drug-likeness (QED) is 0.671. The van der Waals surface area contributed by atoms with Gasteiger partial charge in [-0.25, -0.2) is 0 Å². The zero-order valence-electron chi connectivity index (χ0n) is 7.19. The van der Waals surface area contributed by atoms with Crippen LogP contribution in [0.15, 0.2) is 30.3 Å². The highest BCUT2D eigenvalue weighted by atomic mass is 32.1. The number of thiophene rings is 1. The third-order valence-electron chi connectivity index (χ3n) is 2.49. The lowest BCUT2D eigenvalue weighted by Crippen LogP contribution is -2.23. The molecule has 0 aliphatic carbocycles. The number of fused-ring (bicyclic) bond motifs is 1. The van der Waals surface area contributed by atoms with Crippen LogP contribution in [0.5, 0.6) is 0 Å². The van der Waals surface area contributed by atoms with Gasteiger partial charge in [-0.05, 0) is 17.5 Å². The summed E-state index contributed by atoms with van der Waals surface area (Å²) >= 11 is 1.90. The second-order valence-corrected chi connectivity index (χ2v) is 4.54. The van der Waals surface area contributed by atoms with Gasteiger partial charge in [-0.3, -0.25) is 0 Å². The van der Waals surface area contributed by atoms with Crippen LogP contribution in [0.4, 0.5) is 0 Å². The third kappa shape index (κ3) is 1.18. The standard InChI is InChI=1S/C11H10OS/c1-2-4-10-8(3-1)5-11(13-10)9-6-12-7-9/h1-5,9H,6-7H2. The number of benzene rings is 1. The smallest absolute Gasteiger partial charge is 0.0565 e. The monoisotopic (exact) mass is 190 g/mol. The third-order valence-corrected chi connectivity index (χ3v) is 3.76. The Hall–Kier alpha value is -0.860. The molecule has 0 radical (unpaired) electrons. The molecule has 1 aromatic carbocycles. The van der Waals surface area contributed by atoms with E-state index in [1.54, 1.807) is 0 Å². The first-order chi connectivity index (χ1) is 6.43. The summed E-state index contributed by atoms with van der Waals surface area (Å²) in [5.41, 5.74) is 0. The summed E-state index contributed by atoms with van der Waals surface area (Å²) in [4.78, 5) is 1.48. The average Bonchev–Trinajstić information content (AvgIpc) is 2.43. The minimum atomic E-state index is 0.664. The summed E-state index contributed by atoms with van der Waals surface area (Å²) < 4.78 is 6.58. The Bertz CT molecular complexity index is 395. The van der Waals surface area contributed by atoms with Crippen LogP contribution in [0, 0.1) is 0 Å². The average molecular weight is 190 g/mol. The molecule has 1 nitrogen and oxygen atoms in total. The number of ether oxygens (including phenoxy) is 1. The van der Waals surface area contributed by atoms with Gasteiger partial charge in [-0.1, -0.05) is 18.2 Å². The highest BCUT2D eigenvalue weighted by molar-refractivity contribution is 7.19. The number of hydrogen-bond donors (Lipinski definition) is 0. The summed E-state index contributed by atoms with van der Waals surface area (Å²) in [6.45, 7) is 1.82. The molecule has 66 valence electrons. The molecule has 0 saturated carbocycles. The molecule has 1 fully saturated rings. The van der Waals surface area contributed by atoms with Crippen LogP contribution in [-0.4, -0.2) is 13.2 Å². The molecular weight excluding hydrogens is 180 g/mol. The van der Waals surface area contributed by atoms with Crippen molar-refractivity contribution in [2.24, 2.45) is 0 Å². The SMILES string of the molecule is c1ccc2sc(C3COC3)cc2c1. The van der Waals surface area contributed by atoms with Crippen molar-refractivity contribution in [3.05, 3.63) is 35.2 Å². The predicted octanol–water partition coefficient (Wildman–Crippen LogP) is 3.02. The second-order valence-electron chi connectivity index (χ2n) is 3.42. The van der Waals surface area contributed by atoms with E-state index in [9.17, 15) is 0 Å². The van der Waals surface area contributed by atoms with Gasteiger partial charge in [0, 0.05) is 15.5 Å². The molecule has 0 atom stereocenters. The van der Waals surface area contributed by atoms with Gasteiger partial charge in [-0.15, -0.1) is 11.3 Å². The molecule has 0 N–H and O–H groups in total. The normalized spacial score (nSPS) is 17.5. The highest BCUT2D eigenvalue weighted by Gasteiger charge is 2.22. The van der Waals surface area contributed by atoms with Crippen LogP contribution in [0.1, 0.15) is 10.8 Å². The Morgan fingerprint density at radius 2 is 2.08 bits per heavy atom. The first-order valence-corrected chi connectivity index (χ1v) is 5.31. The molecular formula is C11H10OS. The van der Waals surface area contributed by atoms with Gasteiger partial charge in [0.1, 0.15) is 0 Å². The first kappa shape index (κ1) is 7.54. The maximum absolute atomic E-state index is 5.19. The Balaban J connectivity index is 2.10. The van der Waals surface area contributed by atoms with E-state index in [2.05, 4.69) is 30.3 Å². The molecule has 1 saturated heterocycles. The molecule has 13 heavy (non-hydrogen) atoms. The number of rotatable bonds is 1. The fourth-order valence-corrected chi connectivity index (χ4v) is 2.74. The zero-order chi connectivity index (χ0) is 8.67.